The first-order chi connectivity index (χ1) is 8.29. The van der Waals surface area contributed by atoms with E-state index in [2.05, 4.69) is 27.7 Å². The quantitative estimate of drug-likeness (QED) is 0.793. The minimum Gasteiger partial charge on any atom is -0.435 e. The topological polar surface area (TPSA) is 47.9 Å². The van der Waals surface area contributed by atoms with E-state index in [4.69, 9.17) is 14.0 Å². The van der Waals surface area contributed by atoms with E-state index in [1.807, 2.05) is 13.8 Å². The Morgan fingerprint density at radius 3 is 2.11 bits per heavy atom. The Morgan fingerprint density at radius 1 is 1.16 bits per heavy atom. The Bertz CT molecular complexity index is 321. The van der Waals surface area contributed by atoms with Crippen LogP contribution in [0.25, 0.3) is 0 Å². The molecule has 6 heteroatoms. The molecule has 0 saturated carbocycles. The number of hydrogen-bond acceptors (Lipinski definition) is 4. The third kappa shape index (κ3) is 3.75. The first-order valence-electron chi connectivity index (χ1n) is 6.81. The van der Waals surface area contributed by atoms with E-state index < -0.39 is 18.2 Å². The molecule has 19 heavy (non-hydrogen) atoms. The van der Waals surface area contributed by atoms with Gasteiger partial charge < -0.3 is 19.1 Å². The SMILES string of the molecule is CC(C)(O)C(C)(C)O[B]B1OCC(C)(C)C(C)(C)O1. The maximum Gasteiger partial charge on any atom is 0.439 e. The fraction of sp³-hybridized carbons (Fsp3) is 1.00. The molecule has 1 saturated heterocycles. The molecule has 0 bridgehead atoms. The molecule has 0 aromatic carbocycles. The predicted octanol–water partition coefficient (Wildman–Crippen LogP) is 2.01. The van der Waals surface area contributed by atoms with Crippen LogP contribution in [0.2, 0.25) is 0 Å². The van der Waals surface area contributed by atoms with Crippen LogP contribution < -0.4 is 0 Å². The smallest absolute Gasteiger partial charge is 0.435 e. The van der Waals surface area contributed by atoms with E-state index >= 15 is 0 Å². The summed E-state index contributed by atoms with van der Waals surface area (Å²) in [4.78, 5) is 0. The van der Waals surface area contributed by atoms with Crippen LogP contribution in [0.4, 0.5) is 0 Å². The Kier molecular flexibility index (Phi) is 4.54. The molecule has 1 rings (SSSR count). The van der Waals surface area contributed by atoms with Gasteiger partial charge in [0.05, 0.1) is 16.8 Å². The highest BCUT2D eigenvalue weighted by molar-refractivity contribution is 7.02. The van der Waals surface area contributed by atoms with Crippen molar-refractivity contribution in [2.45, 2.75) is 72.2 Å². The van der Waals surface area contributed by atoms with Gasteiger partial charge in [-0.05, 0) is 41.5 Å². The Morgan fingerprint density at radius 2 is 1.68 bits per heavy atom. The van der Waals surface area contributed by atoms with Gasteiger partial charge in [-0.25, -0.2) is 0 Å². The molecule has 0 aromatic rings. The molecule has 0 aromatic heterocycles. The lowest BCUT2D eigenvalue weighted by molar-refractivity contribution is -0.102. The number of hydrogen-bond donors (Lipinski definition) is 1. The number of rotatable bonds is 4. The van der Waals surface area contributed by atoms with Crippen molar-refractivity contribution in [2.24, 2.45) is 5.41 Å². The molecule has 4 nitrogen and oxygen atoms in total. The third-order valence-electron chi connectivity index (χ3n) is 4.60. The lowest BCUT2D eigenvalue weighted by Gasteiger charge is -2.48. The summed E-state index contributed by atoms with van der Waals surface area (Å²) >= 11 is 0. The van der Waals surface area contributed by atoms with Gasteiger partial charge in [0.15, 0.2) is 0 Å². The summed E-state index contributed by atoms with van der Waals surface area (Å²) in [6.07, 6.45) is 0. The molecular weight excluding hydrogens is 242 g/mol. The van der Waals surface area contributed by atoms with E-state index in [0.717, 1.165) is 0 Å². The monoisotopic (exact) mass is 269 g/mol. The van der Waals surface area contributed by atoms with Gasteiger partial charge in [0, 0.05) is 12.0 Å². The first kappa shape index (κ1) is 17.0. The van der Waals surface area contributed by atoms with Crippen LogP contribution in [0.15, 0.2) is 0 Å². The van der Waals surface area contributed by atoms with Crippen LogP contribution >= 0.6 is 0 Å². The molecule has 1 aliphatic rings. The van der Waals surface area contributed by atoms with Gasteiger partial charge in [-0.3, -0.25) is 0 Å². The second kappa shape index (κ2) is 5.06. The molecule has 1 aliphatic heterocycles. The van der Waals surface area contributed by atoms with Crippen molar-refractivity contribution in [2.75, 3.05) is 6.61 Å². The molecule has 1 heterocycles. The van der Waals surface area contributed by atoms with E-state index in [1.54, 1.807) is 13.8 Å². The Labute approximate surface area is 118 Å². The largest absolute Gasteiger partial charge is 0.439 e. The summed E-state index contributed by atoms with van der Waals surface area (Å²) in [5.74, 6) is 0. The van der Waals surface area contributed by atoms with Gasteiger partial charge in [-0.15, -0.1) is 0 Å². The molecule has 1 radical (unpaired) electrons. The van der Waals surface area contributed by atoms with Gasteiger partial charge in [-0.2, -0.15) is 0 Å². The van der Waals surface area contributed by atoms with Gasteiger partial charge in [0.1, 0.15) is 0 Å². The van der Waals surface area contributed by atoms with Crippen molar-refractivity contribution in [3.05, 3.63) is 0 Å². The van der Waals surface area contributed by atoms with Crippen molar-refractivity contribution < 1.29 is 19.1 Å². The summed E-state index contributed by atoms with van der Waals surface area (Å²) in [7, 11) is 1.03. The highest BCUT2D eigenvalue weighted by Gasteiger charge is 2.47. The molecule has 1 N–H and O–H groups in total. The molecule has 109 valence electrons. The summed E-state index contributed by atoms with van der Waals surface area (Å²) in [6.45, 7) is 16.0. The van der Waals surface area contributed by atoms with Crippen molar-refractivity contribution >= 4 is 14.4 Å². The lowest BCUT2D eigenvalue weighted by Crippen LogP contribution is -2.58. The minimum absolute atomic E-state index is 0.0525. The summed E-state index contributed by atoms with van der Waals surface area (Å²) in [6, 6.07) is 0. The Hall–Kier alpha value is -0.0301. The average Bonchev–Trinajstić information content (AvgIpc) is 2.18. The van der Waals surface area contributed by atoms with Gasteiger partial charge in [0.2, 0.25) is 0 Å². The fourth-order valence-electron chi connectivity index (χ4n) is 1.39. The van der Waals surface area contributed by atoms with Crippen molar-refractivity contribution in [3.8, 4) is 0 Å². The zero-order chi connectivity index (χ0) is 15.1. The van der Waals surface area contributed by atoms with Crippen LogP contribution in [0.5, 0.6) is 0 Å². The predicted molar refractivity (Wildman–Crippen MR) is 77.9 cm³/mol. The second-order valence-corrected chi connectivity index (χ2v) is 7.51. The van der Waals surface area contributed by atoms with Crippen molar-refractivity contribution in [1.82, 2.24) is 0 Å². The first-order valence-corrected chi connectivity index (χ1v) is 6.81. The maximum atomic E-state index is 10.0. The van der Waals surface area contributed by atoms with Crippen LogP contribution in [-0.4, -0.2) is 42.9 Å². The maximum absolute atomic E-state index is 10.0. The molecule has 0 unspecified atom stereocenters. The molecule has 0 atom stereocenters. The highest BCUT2D eigenvalue weighted by Crippen LogP contribution is 2.38. The van der Waals surface area contributed by atoms with Crippen LogP contribution in [0.1, 0.15) is 55.4 Å². The minimum atomic E-state index is -0.951. The zero-order valence-corrected chi connectivity index (χ0v) is 13.5. The number of aliphatic hydroxyl groups is 1. The average molecular weight is 269 g/mol. The van der Waals surface area contributed by atoms with E-state index in [0.29, 0.717) is 6.61 Å². The standard InChI is InChI=1S/C13H27B2O4/c1-10(2)9-17-15(19-12(10,5)6)14-18-13(7,8)11(3,4)16/h16H,9H2,1-8H3. The summed E-state index contributed by atoms with van der Waals surface area (Å²) in [5, 5.41) is 10.0. The van der Waals surface area contributed by atoms with E-state index in [1.165, 1.54) is 7.37 Å². The molecule has 0 amide bonds. The fourth-order valence-corrected chi connectivity index (χ4v) is 1.39. The Balaban J connectivity index is 2.58. The summed E-state index contributed by atoms with van der Waals surface area (Å²) < 4.78 is 17.2. The third-order valence-corrected chi connectivity index (χ3v) is 4.60. The van der Waals surface area contributed by atoms with Crippen molar-refractivity contribution in [3.63, 3.8) is 0 Å². The lowest BCUT2D eigenvalue weighted by atomic mass is 9.53. The van der Waals surface area contributed by atoms with Crippen molar-refractivity contribution in [1.29, 1.82) is 0 Å². The molecule has 0 aliphatic carbocycles. The molecular formula is C13H27B2O4. The zero-order valence-electron chi connectivity index (χ0n) is 13.5. The van der Waals surface area contributed by atoms with Gasteiger partial charge in [0.25, 0.3) is 0 Å². The molecule has 0 spiro atoms. The van der Waals surface area contributed by atoms with Gasteiger partial charge in [-0.1, -0.05) is 13.8 Å². The van der Waals surface area contributed by atoms with E-state index in [-0.39, 0.29) is 11.0 Å². The van der Waals surface area contributed by atoms with Crippen LogP contribution in [0.3, 0.4) is 0 Å². The van der Waals surface area contributed by atoms with Crippen LogP contribution in [-0.2, 0) is 14.0 Å². The second-order valence-electron chi connectivity index (χ2n) is 7.51. The highest BCUT2D eigenvalue weighted by atomic mass is 16.6. The van der Waals surface area contributed by atoms with Crippen LogP contribution in [0, 0.1) is 5.41 Å². The normalized spacial score (nSPS) is 23.3. The molecule has 1 fully saturated rings. The van der Waals surface area contributed by atoms with E-state index in [9.17, 15) is 5.11 Å². The van der Waals surface area contributed by atoms with Gasteiger partial charge >= 0.3 is 14.4 Å². The summed E-state index contributed by atoms with van der Waals surface area (Å²) in [5.41, 5.74) is -2.01.